The van der Waals surface area contributed by atoms with Gasteiger partial charge in [0.25, 0.3) is 0 Å². The molecule has 6 rings (SSSR count). The first-order valence-corrected chi connectivity index (χ1v) is 14.8. The Kier molecular flexibility index (Phi) is 7.00. The second kappa shape index (κ2) is 10.6. The van der Waals surface area contributed by atoms with E-state index in [2.05, 4.69) is 113 Å². The third-order valence-corrected chi connectivity index (χ3v) is 9.17. The van der Waals surface area contributed by atoms with Crippen LogP contribution in [0.15, 0.2) is 103 Å². The standard InChI is InChI=1S/C38H39N3O2/c1-38(2)34(41(7)33-21-16-24-10-8-9-11-29(24)35(33)38)23-32-36(42)31(37(32)43)22-30(25-12-17-27(18-13-25)39(3)4)26-14-19-28(20-15-26)40(5)6/h8-23,31-32H,1-7H3/b34-23+. The molecule has 0 saturated heterocycles. The van der Waals surface area contributed by atoms with Crippen LogP contribution in [0, 0.1) is 11.8 Å². The molecule has 5 heteroatoms. The molecule has 4 aromatic carbocycles. The monoisotopic (exact) mass is 569 g/mol. The Morgan fingerprint density at radius 2 is 1.26 bits per heavy atom. The summed E-state index contributed by atoms with van der Waals surface area (Å²) in [6, 6.07) is 29.2. The van der Waals surface area contributed by atoms with Gasteiger partial charge < -0.3 is 14.7 Å². The van der Waals surface area contributed by atoms with Gasteiger partial charge in [0.05, 0.1) is 11.8 Å². The van der Waals surface area contributed by atoms with E-state index in [0.29, 0.717) is 0 Å². The molecule has 1 heterocycles. The molecule has 4 aromatic rings. The first-order chi connectivity index (χ1) is 20.5. The molecule has 1 fully saturated rings. The topological polar surface area (TPSA) is 43.9 Å². The molecule has 1 aliphatic carbocycles. The van der Waals surface area contributed by atoms with Crippen LogP contribution in [0.5, 0.6) is 0 Å². The van der Waals surface area contributed by atoms with Crippen molar-refractivity contribution < 1.29 is 9.59 Å². The Bertz CT molecular complexity index is 1720. The van der Waals surface area contributed by atoms with Gasteiger partial charge in [0, 0.05) is 63.4 Å². The van der Waals surface area contributed by atoms with Crippen molar-refractivity contribution in [2.24, 2.45) is 11.8 Å². The molecule has 43 heavy (non-hydrogen) atoms. The van der Waals surface area contributed by atoms with E-state index in [1.807, 2.05) is 47.4 Å². The summed E-state index contributed by atoms with van der Waals surface area (Å²) < 4.78 is 0. The molecule has 0 N–H and O–H groups in total. The molecule has 0 radical (unpaired) electrons. The van der Waals surface area contributed by atoms with Gasteiger partial charge in [-0.3, -0.25) is 9.59 Å². The van der Waals surface area contributed by atoms with Crippen molar-refractivity contribution in [3.05, 3.63) is 119 Å². The van der Waals surface area contributed by atoms with Crippen LogP contribution >= 0.6 is 0 Å². The second-order valence-corrected chi connectivity index (χ2v) is 12.6. The van der Waals surface area contributed by atoms with Gasteiger partial charge in [-0.1, -0.05) is 74.5 Å². The van der Waals surface area contributed by atoms with Gasteiger partial charge >= 0.3 is 0 Å². The van der Waals surface area contributed by atoms with Crippen molar-refractivity contribution in [2.75, 3.05) is 49.9 Å². The van der Waals surface area contributed by atoms with Gasteiger partial charge in [-0.15, -0.1) is 0 Å². The minimum Gasteiger partial charge on any atom is -0.378 e. The molecule has 1 saturated carbocycles. The molecule has 218 valence electrons. The first-order valence-electron chi connectivity index (χ1n) is 14.8. The van der Waals surface area contributed by atoms with E-state index in [9.17, 15) is 9.59 Å². The average Bonchev–Trinajstić information content (AvgIpc) is 3.20. The Morgan fingerprint density at radius 1 is 0.721 bits per heavy atom. The average molecular weight is 570 g/mol. The Morgan fingerprint density at radius 3 is 1.79 bits per heavy atom. The second-order valence-electron chi connectivity index (χ2n) is 12.6. The summed E-state index contributed by atoms with van der Waals surface area (Å²) in [6.45, 7) is 4.37. The normalized spacial score (nSPS) is 19.8. The quantitative estimate of drug-likeness (QED) is 0.232. The van der Waals surface area contributed by atoms with Crippen LogP contribution in [0.1, 0.15) is 30.5 Å². The zero-order chi connectivity index (χ0) is 30.6. The van der Waals surface area contributed by atoms with Crippen LogP contribution in [-0.4, -0.2) is 46.8 Å². The number of carbonyl (C=O) groups is 2. The van der Waals surface area contributed by atoms with E-state index >= 15 is 0 Å². The van der Waals surface area contributed by atoms with Crippen molar-refractivity contribution in [3.8, 4) is 0 Å². The molecule has 0 aromatic heterocycles. The molecule has 0 spiro atoms. The van der Waals surface area contributed by atoms with E-state index in [-0.39, 0.29) is 17.0 Å². The predicted octanol–water partition coefficient (Wildman–Crippen LogP) is 7.10. The molecule has 0 unspecified atom stereocenters. The lowest BCUT2D eigenvalue weighted by Gasteiger charge is -2.32. The summed E-state index contributed by atoms with van der Waals surface area (Å²) in [4.78, 5) is 33.7. The summed E-state index contributed by atoms with van der Waals surface area (Å²) in [5.74, 6) is -1.60. The third-order valence-electron chi connectivity index (χ3n) is 9.17. The predicted molar refractivity (Wildman–Crippen MR) is 179 cm³/mol. The van der Waals surface area contributed by atoms with Crippen LogP contribution in [0.25, 0.3) is 16.3 Å². The molecule has 1 aliphatic heterocycles. The maximum absolute atomic E-state index is 13.7. The number of allylic oxidation sites excluding steroid dienone is 3. The number of likely N-dealkylation sites (N-methyl/N-ethyl adjacent to an activating group) is 1. The summed E-state index contributed by atoms with van der Waals surface area (Å²) in [7, 11) is 10.1. The Labute approximate surface area is 254 Å². The lowest BCUT2D eigenvalue weighted by atomic mass is 9.69. The number of rotatable bonds is 6. The highest BCUT2D eigenvalue weighted by Gasteiger charge is 2.49. The number of anilines is 3. The van der Waals surface area contributed by atoms with Crippen LogP contribution in [0.3, 0.4) is 0 Å². The third kappa shape index (κ3) is 4.73. The highest BCUT2D eigenvalue weighted by molar-refractivity contribution is 6.27. The Balaban J connectivity index is 1.35. The number of benzene rings is 4. The SMILES string of the molecule is CN(C)c1ccc(C(=CC2C(=O)C(/C=C3/N(C)c4ccc5ccccc5c4C3(C)C)C2=O)c2ccc(N(C)C)cc2)cc1. The van der Waals surface area contributed by atoms with Crippen LogP contribution in [0.2, 0.25) is 0 Å². The number of ketones is 2. The summed E-state index contributed by atoms with van der Waals surface area (Å²) >= 11 is 0. The van der Waals surface area contributed by atoms with E-state index in [0.717, 1.165) is 39.5 Å². The summed E-state index contributed by atoms with van der Waals surface area (Å²) in [5.41, 5.74) is 8.03. The van der Waals surface area contributed by atoms with Crippen LogP contribution < -0.4 is 14.7 Å². The lowest BCUT2D eigenvalue weighted by Crippen LogP contribution is -2.47. The minimum atomic E-state index is -0.767. The van der Waals surface area contributed by atoms with Gasteiger partial charge in [0.2, 0.25) is 0 Å². The Hall–Kier alpha value is -4.64. The molecule has 2 aliphatic rings. The van der Waals surface area contributed by atoms with E-state index in [1.54, 1.807) is 0 Å². The number of Topliss-reactive ketones (excluding diaryl/α,β-unsaturated/α-hetero) is 2. The number of fused-ring (bicyclic) bond motifs is 3. The molecular formula is C38H39N3O2. The van der Waals surface area contributed by atoms with Crippen molar-refractivity contribution in [1.29, 1.82) is 0 Å². The van der Waals surface area contributed by atoms with Crippen molar-refractivity contribution in [1.82, 2.24) is 0 Å². The van der Waals surface area contributed by atoms with Crippen molar-refractivity contribution in [3.63, 3.8) is 0 Å². The van der Waals surface area contributed by atoms with E-state index in [4.69, 9.17) is 0 Å². The number of hydrogen-bond acceptors (Lipinski definition) is 5. The number of nitrogens with zero attached hydrogens (tertiary/aromatic N) is 3. The maximum Gasteiger partial charge on any atom is 0.161 e. The highest BCUT2D eigenvalue weighted by atomic mass is 16.2. The molecular weight excluding hydrogens is 530 g/mol. The highest BCUT2D eigenvalue weighted by Crippen LogP contribution is 2.51. The fourth-order valence-corrected chi connectivity index (χ4v) is 6.66. The minimum absolute atomic E-state index is 0.0464. The molecule has 0 bridgehead atoms. The zero-order valence-corrected chi connectivity index (χ0v) is 26.1. The maximum atomic E-state index is 13.7. The molecule has 0 atom stereocenters. The van der Waals surface area contributed by atoms with Crippen LogP contribution in [0.4, 0.5) is 17.1 Å². The first kappa shape index (κ1) is 28.5. The lowest BCUT2D eigenvalue weighted by molar-refractivity contribution is -0.145. The van der Waals surface area contributed by atoms with E-state index < -0.39 is 11.8 Å². The molecule has 0 amide bonds. The largest absolute Gasteiger partial charge is 0.378 e. The van der Waals surface area contributed by atoms with E-state index in [1.165, 1.54) is 16.3 Å². The van der Waals surface area contributed by atoms with Crippen molar-refractivity contribution >= 4 is 45.0 Å². The van der Waals surface area contributed by atoms with Gasteiger partial charge in [-0.25, -0.2) is 0 Å². The number of carbonyl (C=O) groups excluding carboxylic acids is 2. The fourth-order valence-electron chi connectivity index (χ4n) is 6.66. The summed E-state index contributed by atoms with van der Waals surface area (Å²) in [6.07, 6.45) is 3.79. The van der Waals surface area contributed by atoms with Gasteiger partial charge in [-0.2, -0.15) is 0 Å². The fraction of sp³-hybridized carbons (Fsp3) is 0.263. The van der Waals surface area contributed by atoms with Crippen molar-refractivity contribution in [2.45, 2.75) is 19.3 Å². The van der Waals surface area contributed by atoms with Gasteiger partial charge in [0.15, 0.2) is 11.6 Å². The van der Waals surface area contributed by atoms with Crippen LogP contribution in [-0.2, 0) is 15.0 Å². The number of hydrogen-bond donors (Lipinski definition) is 0. The smallest absolute Gasteiger partial charge is 0.161 e. The van der Waals surface area contributed by atoms with Gasteiger partial charge in [-0.05, 0) is 69.4 Å². The van der Waals surface area contributed by atoms with Gasteiger partial charge in [0.1, 0.15) is 0 Å². The zero-order valence-electron chi connectivity index (χ0n) is 26.1. The molecule has 5 nitrogen and oxygen atoms in total. The summed E-state index contributed by atoms with van der Waals surface area (Å²) in [5, 5.41) is 2.40.